The highest BCUT2D eigenvalue weighted by Crippen LogP contribution is 1.99. The van der Waals surface area contributed by atoms with Crippen molar-refractivity contribution in [2.75, 3.05) is 19.0 Å². The van der Waals surface area contributed by atoms with Gasteiger partial charge < -0.3 is 4.90 Å². The van der Waals surface area contributed by atoms with Crippen molar-refractivity contribution in [3.05, 3.63) is 6.20 Å². The Balaban J connectivity index is 2.77. The third kappa shape index (κ3) is 0.776. The third-order valence-corrected chi connectivity index (χ3v) is 0.737. The summed E-state index contributed by atoms with van der Waals surface area (Å²) in [5, 5.41) is 6.79. The molecule has 0 aliphatic carbocycles. The van der Waals surface area contributed by atoms with E-state index in [1.807, 2.05) is 14.1 Å². The van der Waals surface area contributed by atoms with E-state index in [1.54, 1.807) is 4.90 Å². The van der Waals surface area contributed by atoms with Crippen molar-refractivity contribution in [1.29, 1.82) is 0 Å². The van der Waals surface area contributed by atoms with Crippen LogP contribution in [-0.4, -0.2) is 24.4 Å². The Morgan fingerprint density at radius 2 is 2.38 bits per heavy atom. The maximum Gasteiger partial charge on any atom is 0.202 e. The zero-order chi connectivity index (χ0) is 5.98. The van der Waals surface area contributed by atoms with Gasteiger partial charge in [-0.3, -0.25) is 0 Å². The first-order valence-corrected chi connectivity index (χ1v) is 2.18. The van der Waals surface area contributed by atoms with Crippen LogP contribution >= 0.6 is 0 Å². The van der Waals surface area contributed by atoms with Crippen LogP contribution in [0.3, 0.4) is 0 Å². The molecule has 1 aromatic rings. The van der Waals surface area contributed by atoms with E-state index >= 15 is 0 Å². The van der Waals surface area contributed by atoms with Crippen LogP contribution in [0.4, 0.5) is 5.82 Å². The van der Waals surface area contributed by atoms with Gasteiger partial charge in [-0.1, -0.05) is 0 Å². The molecule has 0 atom stereocenters. The molecule has 1 radical (unpaired) electrons. The minimum absolute atomic E-state index is 0.616. The van der Waals surface area contributed by atoms with E-state index in [0.717, 1.165) is 0 Å². The van der Waals surface area contributed by atoms with Gasteiger partial charge in [0.1, 0.15) is 0 Å². The largest absolute Gasteiger partial charge is 0.358 e. The van der Waals surface area contributed by atoms with Gasteiger partial charge in [-0.05, 0) is 10.3 Å². The molecule has 0 aliphatic rings. The van der Waals surface area contributed by atoms with Crippen molar-refractivity contribution in [2.45, 2.75) is 0 Å². The number of nitrogens with zero attached hydrogens (tertiary/aromatic N) is 3. The van der Waals surface area contributed by atoms with Gasteiger partial charge in [0.05, 0.1) is 0 Å². The molecule has 0 aliphatic heterocycles. The van der Waals surface area contributed by atoms with Crippen molar-refractivity contribution in [1.82, 2.24) is 10.3 Å². The average Bonchev–Trinajstić information content (AvgIpc) is 2.12. The van der Waals surface area contributed by atoms with E-state index in [2.05, 4.69) is 21.1 Å². The molecule has 1 aromatic heterocycles. The SMILES string of the molecule is CN(C)c1[c]non1. The molecule has 0 saturated carbocycles. The maximum absolute atomic E-state index is 4.28. The van der Waals surface area contributed by atoms with Gasteiger partial charge in [-0.15, -0.1) is 0 Å². The van der Waals surface area contributed by atoms with Crippen LogP contribution in [0.25, 0.3) is 0 Å². The number of rotatable bonds is 1. The van der Waals surface area contributed by atoms with E-state index in [9.17, 15) is 0 Å². The lowest BCUT2D eigenvalue weighted by molar-refractivity contribution is 0.307. The van der Waals surface area contributed by atoms with Crippen LogP contribution < -0.4 is 4.90 Å². The molecule has 0 bridgehead atoms. The molecule has 1 rings (SSSR count). The third-order valence-electron chi connectivity index (χ3n) is 0.737. The van der Waals surface area contributed by atoms with E-state index in [0.29, 0.717) is 5.82 Å². The second-order valence-corrected chi connectivity index (χ2v) is 1.59. The highest BCUT2D eigenvalue weighted by Gasteiger charge is 1.96. The first-order valence-electron chi connectivity index (χ1n) is 2.18. The van der Waals surface area contributed by atoms with Crippen LogP contribution in [0.5, 0.6) is 0 Å². The highest BCUT2D eigenvalue weighted by atomic mass is 16.6. The van der Waals surface area contributed by atoms with Crippen molar-refractivity contribution in [3.63, 3.8) is 0 Å². The van der Waals surface area contributed by atoms with Crippen LogP contribution in [0.15, 0.2) is 4.63 Å². The van der Waals surface area contributed by atoms with Crippen molar-refractivity contribution >= 4 is 5.82 Å². The lowest BCUT2D eigenvalue weighted by Gasteiger charge is -2.02. The Hall–Kier alpha value is -1.06. The fraction of sp³-hybridized carbons (Fsp3) is 0.500. The van der Waals surface area contributed by atoms with Gasteiger partial charge >= 0.3 is 0 Å². The maximum atomic E-state index is 4.28. The second kappa shape index (κ2) is 1.81. The average molecular weight is 112 g/mol. The molecule has 1 heterocycles. The summed E-state index contributed by atoms with van der Waals surface area (Å²) in [6.07, 6.45) is 2.53. The van der Waals surface area contributed by atoms with Crippen LogP contribution in [0.1, 0.15) is 0 Å². The summed E-state index contributed by atoms with van der Waals surface area (Å²) < 4.78 is 4.28. The number of hydrogen-bond donors (Lipinski definition) is 0. The quantitative estimate of drug-likeness (QED) is 0.510. The number of hydrogen-bond acceptors (Lipinski definition) is 4. The van der Waals surface area contributed by atoms with Crippen molar-refractivity contribution in [3.8, 4) is 0 Å². The predicted molar refractivity (Wildman–Crippen MR) is 27.5 cm³/mol. The molecule has 0 amide bonds. The zero-order valence-electron chi connectivity index (χ0n) is 4.75. The molecule has 8 heavy (non-hydrogen) atoms. The summed E-state index contributed by atoms with van der Waals surface area (Å²) in [6, 6.07) is 0. The molecule has 0 saturated heterocycles. The lowest BCUT2D eigenvalue weighted by Crippen LogP contribution is -2.08. The first-order chi connectivity index (χ1) is 3.80. The Morgan fingerprint density at radius 1 is 1.62 bits per heavy atom. The summed E-state index contributed by atoms with van der Waals surface area (Å²) in [5.41, 5.74) is 0. The van der Waals surface area contributed by atoms with E-state index in [4.69, 9.17) is 0 Å². The van der Waals surface area contributed by atoms with E-state index < -0.39 is 0 Å². The normalized spacial score (nSPS) is 9.25. The van der Waals surface area contributed by atoms with Crippen LogP contribution in [-0.2, 0) is 0 Å². The molecular formula is C4H6N3O. The molecule has 0 spiro atoms. The molecule has 4 nitrogen and oxygen atoms in total. The Morgan fingerprint density at radius 3 is 2.62 bits per heavy atom. The zero-order valence-corrected chi connectivity index (χ0v) is 4.75. The Kier molecular flexibility index (Phi) is 1.15. The summed E-state index contributed by atoms with van der Waals surface area (Å²) in [5.74, 6) is 0.616. The molecular weight excluding hydrogens is 106 g/mol. The van der Waals surface area contributed by atoms with Gasteiger partial charge in [0.15, 0.2) is 6.20 Å². The minimum Gasteiger partial charge on any atom is -0.358 e. The smallest absolute Gasteiger partial charge is 0.202 e. The van der Waals surface area contributed by atoms with E-state index in [-0.39, 0.29) is 0 Å². The topological polar surface area (TPSA) is 42.2 Å². The van der Waals surface area contributed by atoms with Crippen molar-refractivity contribution in [2.24, 2.45) is 0 Å². The summed E-state index contributed by atoms with van der Waals surface area (Å²) >= 11 is 0. The van der Waals surface area contributed by atoms with Gasteiger partial charge in [0.2, 0.25) is 5.82 Å². The molecule has 4 heteroatoms. The van der Waals surface area contributed by atoms with Crippen LogP contribution in [0, 0.1) is 6.20 Å². The molecule has 0 N–H and O–H groups in total. The highest BCUT2D eigenvalue weighted by molar-refractivity contribution is 5.28. The van der Waals surface area contributed by atoms with Crippen LogP contribution in [0.2, 0.25) is 0 Å². The summed E-state index contributed by atoms with van der Waals surface area (Å²) in [6.45, 7) is 0. The molecule has 0 fully saturated rings. The number of aromatic nitrogens is 2. The molecule has 0 aromatic carbocycles. The minimum atomic E-state index is 0.616. The van der Waals surface area contributed by atoms with Crippen molar-refractivity contribution < 1.29 is 4.63 Å². The monoisotopic (exact) mass is 112 g/mol. The Bertz CT molecular complexity index is 146. The summed E-state index contributed by atoms with van der Waals surface area (Å²) in [7, 11) is 3.69. The Labute approximate surface area is 47.1 Å². The standard InChI is InChI=1S/C4H6N3O/c1-7(2)4-3-5-8-6-4/h1-2H3. The van der Waals surface area contributed by atoms with Gasteiger partial charge in [0, 0.05) is 14.1 Å². The van der Waals surface area contributed by atoms with Gasteiger partial charge in [-0.25, -0.2) is 4.63 Å². The van der Waals surface area contributed by atoms with Gasteiger partial charge in [0.25, 0.3) is 0 Å². The molecule has 43 valence electrons. The molecule has 0 unspecified atom stereocenters. The first kappa shape index (κ1) is 5.08. The number of anilines is 1. The lowest BCUT2D eigenvalue weighted by atomic mass is 10.7. The predicted octanol–water partition coefficient (Wildman–Crippen LogP) is -0.0642. The second-order valence-electron chi connectivity index (χ2n) is 1.59. The van der Waals surface area contributed by atoms with E-state index in [1.165, 1.54) is 0 Å². The fourth-order valence-corrected chi connectivity index (χ4v) is 0.322. The van der Waals surface area contributed by atoms with Gasteiger partial charge in [-0.2, -0.15) is 0 Å². The summed E-state index contributed by atoms with van der Waals surface area (Å²) in [4.78, 5) is 1.76. The fourth-order valence-electron chi connectivity index (χ4n) is 0.322.